The Bertz CT molecular complexity index is 2380. The van der Waals surface area contributed by atoms with E-state index in [2.05, 4.69) is 37.4 Å². The lowest BCUT2D eigenvalue weighted by atomic mass is 10.0. The number of hydrogen-bond acceptors (Lipinski definition) is 9. The molecule has 0 unspecified atom stereocenters. The van der Waals surface area contributed by atoms with E-state index < -0.39 is 24.3 Å². The number of hydrogen-bond donors (Lipinski definition) is 4. The summed E-state index contributed by atoms with van der Waals surface area (Å²) < 4.78 is 14.7. The number of imidazole rings is 2. The monoisotopic (exact) mass is 788 g/mol. The molecule has 7 rings (SSSR count). The number of aromatic nitrogens is 4. The van der Waals surface area contributed by atoms with Crippen molar-refractivity contribution in [3.05, 3.63) is 83.6 Å². The predicted molar refractivity (Wildman–Crippen MR) is 216 cm³/mol. The van der Waals surface area contributed by atoms with Crippen molar-refractivity contribution in [3.8, 4) is 23.1 Å². The lowest BCUT2D eigenvalue weighted by Crippen LogP contribution is -2.51. The number of likely N-dealkylation sites (tertiary alicyclic amines) is 2. The Labute approximate surface area is 336 Å². The highest BCUT2D eigenvalue weighted by atomic mass is 16.5. The summed E-state index contributed by atoms with van der Waals surface area (Å²) in [6.45, 7) is 4.94. The summed E-state index contributed by atoms with van der Waals surface area (Å²) in [5.41, 5.74) is 5.18. The van der Waals surface area contributed by atoms with Crippen LogP contribution in [0, 0.1) is 17.8 Å². The van der Waals surface area contributed by atoms with Crippen LogP contribution in [0.25, 0.3) is 33.1 Å². The molecule has 2 aliphatic heterocycles. The van der Waals surface area contributed by atoms with Crippen LogP contribution in [0.3, 0.4) is 0 Å². The van der Waals surface area contributed by atoms with Gasteiger partial charge in [-0.3, -0.25) is 9.59 Å². The number of fused-ring (bicyclic) bond motifs is 3. The van der Waals surface area contributed by atoms with Crippen molar-refractivity contribution in [1.82, 2.24) is 40.4 Å². The highest BCUT2D eigenvalue weighted by Gasteiger charge is 2.38. The van der Waals surface area contributed by atoms with Gasteiger partial charge >= 0.3 is 12.2 Å². The van der Waals surface area contributed by atoms with E-state index in [0.29, 0.717) is 24.7 Å². The van der Waals surface area contributed by atoms with E-state index in [4.69, 9.17) is 19.2 Å². The molecule has 58 heavy (non-hydrogen) atoms. The molecule has 0 aliphatic carbocycles. The summed E-state index contributed by atoms with van der Waals surface area (Å²) in [4.78, 5) is 70.9. The zero-order valence-electron chi connectivity index (χ0n) is 33.3. The van der Waals surface area contributed by atoms with Gasteiger partial charge in [0.2, 0.25) is 11.8 Å². The van der Waals surface area contributed by atoms with Gasteiger partial charge in [-0.25, -0.2) is 19.6 Å². The number of aromatic amines is 2. The molecular weight excluding hydrogens is 741 g/mol. The van der Waals surface area contributed by atoms with Crippen LogP contribution in [-0.2, 0) is 23.8 Å². The van der Waals surface area contributed by atoms with Gasteiger partial charge in [0.25, 0.3) is 0 Å². The van der Waals surface area contributed by atoms with E-state index in [1.165, 1.54) is 21.3 Å². The molecule has 0 spiro atoms. The maximum absolute atomic E-state index is 13.5. The minimum Gasteiger partial charge on any atom is -0.453 e. The van der Waals surface area contributed by atoms with Crippen molar-refractivity contribution in [2.24, 2.45) is 5.92 Å². The van der Waals surface area contributed by atoms with Crippen molar-refractivity contribution in [2.45, 2.75) is 63.7 Å². The molecule has 2 fully saturated rings. The Balaban J connectivity index is 1.03. The van der Waals surface area contributed by atoms with Gasteiger partial charge in [0, 0.05) is 36.7 Å². The molecule has 0 saturated carbocycles. The average Bonchev–Trinajstić information content (AvgIpc) is 4.07. The first-order chi connectivity index (χ1) is 28.1. The quantitative estimate of drug-likeness (QED) is 0.131. The number of nitrogens with one attached hydrogen (secondary N) is 4. The first-order valence-electron chi connectivity index (χ1n) is 19.5. The first kappa shape index (κ1) is 39.8. The molecule has 0 bridgehead atoms. The largest absolute Gasteiger partial charge is 0.453 e. The predicted octanol–water partition coefficient (Wildman–Crippen LogP) is 5.58. The van der Waals surface area contributed by atoms with Crippen LogP contribution in [-0.4, -0.2) is 107 Å². The van der Waals surface area contributed by atoms with Crippen LogP contribution < -0.4 is 10.6 Å². The summed E-state index contributed by atoms with van der Waals surface area (Å²) in [5, 5.41) is 7.27. The fraction of sp³-hybridized carbons (Fsp3) is 0.395. The maximum Gasteiger partial charge on any atom is 0.407 e. The number of nitrogens with zero attached hydrogens (tertiary/aromatic N) is 4. The third kappa shape index (κ3) is 8.33. The minimum atomic E-state index is -0.873. The molecule has 4 atom stereocenters. The number of H-pyrrole nitrogens is 2. The van der Waals surface area contributed by atoms with E-state index in [-0.39, 0.29) is 36.4 Å². The smallest absolute Gasteiger partial charge is 0.407 e. The van der Waals surface area contributed by atoms with Crippen LogP contribution in [0.15, 0.2) is 60.8 Å². The number of amides is 4. The lowest BCUT2D eigenvalue weighted by Gasteiger charge is -2.30. The van der Waals surface area contributed by atoms with E-state index in [1.54, 1.807) is 16.0 Å². The van der Waals surface area contributed by atoms with Gasteiger partial charge in [0.1, 0.15) is 23.7 Å². The number of methoxy groups -OCH3 is 3. The number of carbonyl (C=O) groups excluding carboxylic acids is 4. The molecule has 15 nitrogen and oxygen atoms in total. The fourth-order valence-corrected chi connectivity index (χ4v) is 7.84. The molecule has 4 amide bonds. The molecule has 2 saturated heterocycles. The molecule has 15 heteroatoms. The summed E-state index contributed by atoms with van der Waals surface area (Å²) in [7, 11) is 4.02. The highest BCUT2D eigenvalue weighted by molar-refractivity contribution is 6.04. The van der Waals surface area contributed by atoms with Gasteiger partial charge < -0.3 is 44.6 Å². The standard InChI is InChI=1S/C43H48N8O7/c1-25(2)36(49-43(55)58-5)41(53)51-21-6-8-34(51)38-44-23-32(46-38)28-15-12-26(13-16-28)10-11-27-14-18-30-29(22-27)17-19-31-37(30)48-39(45-31)35-9-7-20-50(35)40(52)33(24-56-3)47-42(54)57-4/h12-19,22-23,25,33-36H,6-9,20-21,24H2,1-5H3,(H,44,46)(H,45,48)(H,47,54)(H,49,55)/t33-,34-,35-,36-/m0/s1. The molecule has 302 valence electrons. The van der Waals surface area contributed by atoms with Crippen LogP contribution >= 0.6 is 0 Å². The third-order valence-electron chi connectivity index (χ3n) is 10.8. The van der Waals surface area contributed by atoms with Gasteiger partial charge in [-0.05, 0) is 72.9 Å². The Morgan fingerprint density at radius 2 is 1.47 bits per heavy atom. The molecule has 3 aromatic carbocycles. The Morgan fingerprint density at radius 3 is 2.16 bits per heavy atom. The molecule has 4 heterocycles. The number of carbonyl (C=O) groups is 4. The maximum atomic E-state index is 13.5. The number of ether oxygens (including phenoxy) is 3. The molecule has 2 aliphatic rings. The van der Waals surface area contributed by atoms with E-state index in [1.807, 2.05) is 68.4 Å². The average molecular weight is 789 g/mol. The Hall–Kier alpha value is -6.40. The molecular formula is C43H48N8O7. The van der Waals surface area contributed by atoms with Crippen LogP contribution in [0.2, 0.25) is 0 Å². The molecule has 2 aromatic heterocycles. The first-order valence-corrected chi connectivity index (χ1v) is 19.5. The van der Waals surface area contributed by atoms with Gasteiger partial charge in [-0.2, -0.15) is 0 Å². The Morgan fingerprint density at radius 1 is 0.810 bits per heavy atom. The van der Waals surface area contributed by atoms with Crippen molar-refractivity contribution < 1.29 is 33.4 Å². The fourth-order valence-electron chi connectivity index (χ4n) is 7.84. The second kappa shape index (κ2) is 17.4. The number of benzene rings is 3. The van der Waals surface area contributed by atoms with E-state index in [0.717, 1.165) is 69.9 Å². The normalized spacial score (nSPS) is 17.6. The Kier molecular flexibility index (Phi) is 11.9. The lowest BCUT2D eigenvalue weighted by molar-refractivity contribution is -0.136. The van der Waals surface area contributed by atoms with Crippen molar-refractivity contribution >= 4 is 45.8 Å². The van der Waals surface area contributed by atoms with Crippen LogP contribution in [0.5, 0.6) is 0 Å². The van der Waals surface area contributed by atoms with Gasteiger partial charge in [0.15, 0.2) is 0 Å². The van der Waals surface area contributed by atoms with Crippen LogP contribution in [0.1, 0.15) is 74.4 Å². The van der Waals surface area contributed by atoms with Gasteiger partial charge in [-0.1, -0.05) is 50.0 Å². The van der Waals surface area contributed by atoms with Crippen LogP contribution in [0.4, 0.5) is 9.59 Å². The topological polar surface area (TPSA) is 184 Å². The van der Waals surface area contributed by atoms with Crippen molar-refractivity contribution in [3.63, 3.8) is 0 Å². The summed E-state index contributed by atoms with van der Waals surface area (Å²) in [6.07, 6.45) is 3.62. The van der Waals surface area contributed by atoms with Crippen molar-refractivity contribution in [2.75, 3.05) is 41.0 Å². The second-order valence-corrected chi connectivity index (χ2v) is 14.9. The summed E-state index contributed by atoms with van der Waals surface area (Å²) in [5.74, 6) is 7.47. The molecule has 4 N–H and O–H groups in total. The third-order valence-corrected chi connectivity index (χ3v) is 10.8. The number of alkyl carbamates (subject to hydrolysis) is 2. The number of rotatable bonds is 10. The van der Waals surface area contributed by atoms with E-state index >= 15 is 0 Å². The van der Waals surface area contributed by atoms with Gasteiger partial charge in [-0.15, -0.1) is 0 Å². The molecule has 5 aromatic rings. The summed E-state index contributed by atoms with van der Waals surface area (Å²) >= 11 is 0. The second-order valence-electron chi connectivity index (χ2n) is 14.9. The van der Waals surface area contributed by atoms with Crippen molar-refractivity contribution in [1.29, 1.82) is 0 Å². The zero-order valence-corrected chi connectivity index (χ0v) is 33.3. The molecule has 0 radical (unpaired) electrons. The minimum absolute atomic E-state index is 0.0236. The SMILES string of the molecule is COC[C@H](NC(=O)OC)C(=O)N1CCC[C@H]1c1nc2ccc3cc(C#Cc4ccc(-c5cnc([C@@H]6CCCN6C(=O)[C@@H](NC(=O)OC)C(C)C)[nH]5)cc4)ccc3c2[nH]1. The summed E-state index contributed by atoms with van der Waals surface area (Å²) in [6, 6.07) is 15.9. The van der Waals surface area contributed by atoms with Gasteiger partial charge in [0.05, 0.1) is 55.8 Å². The highest BCUT2D eigenvalue weighted by Crippen LogP contribution is 2.35. The van der Waals surface area contributed by atoms with E-state index in [9.17, 15) is 19.2 Å². The zero-order chi connectivity index (χ0) is 40.9.